The van der Waals surface area contributed by atoms with Crippen molar-refractivity contribution in [2.45, 2.75) is 128 Å². The number of rotatable bonds is 20. The predicted molar refractivity (Wildman–Crippen MR) is 123 cm³/mol. The Morgan fingerprint density at radius 2 is 1.37 bits per heavy atom. The Labute approximate surface area is 184 Å². The van der Waals surface area contributed by atoms with E-state index in [4.69, 9.17) is 9.47 Å². The van der Waals surface area contributed by atoms with E-state index < -0.39 is 24.4 Å². The fraction of sp³-hybridized carbons (Fsp3) is 0.920. The average molecular weight is 429 g/mol. The van der Waals surface area contributed by atoms with Crippen LogP contribution in [-0.2, 0) is 9.47 Å². The molecule has 1 aliphatic heterocycles. The van der Waals surface area contributed by atoms with Crippen molar-refractivity contribution in [2.75, 3.05) is 19.8 Å². The molecule has 0 aromatic rings. The lowest BCUT2D eigenvalue weighted by Gasteiger charge is -2.20. The Morgan fingerprint density at radius 3 is 1.90 bits per heavy atom. The van der Waals surface area contributed by atoms with Gasteiger partial charge in [-0.25, -0.2) is 0 Å². The van der Waals surface area contributed by atoms with E-state index in [1.165, 1.54) is 83.5 Å². The van der Waals surface area contributed by atoms with Gasteiger partial charge in [0.1, 0.15) is 24.4 Å². The average Bonchev–Trinajstić information content (AvgIpc) is 3.08. The molecule has 0 aromatic heterocycles. The minimum absolute atomic E-state index is 0.0682. The van der Waals surface area contributed by atoms with Crippen LogP contribution in [0.1, 0.15) is 103 Å². The number of aliphatic hydroxyl groups excluding tert-OH is 3. The molecule has 0 amide bonds. The zero-order valence-corrected chi connectivity index (χ0v) is 19.4. The SMILES string of the molecule is CCCCCCC/C=C/CCCCCCCCCCOC[C@@H](O)[C@H]1OC[C@H](O)[C@H]1O. The molecule has 0 bridgehead atoms. The number of unbranched alkanes of at least 4 members (excludes halogenated alkanes) is 13. The molecule has 5 nitrogen and oxygen atoms in total. The topological polar surface area (TPSA) is 79.2 Å². The molecule has 30 heavy (non-hydrogen) atoms. The Kier molecular flexibility index (Phi) is 17.7. The van der Waals surface area contributed by atoms with Crippen LogP contribution in [-0.4, -0.2) is 59.6 Å². The van der Waals surface area contributed by atoms with Crippen molar-refractivity contribution < 1.29 is 24.8 Å². The molecule has 0 radical (unpaired) electrons. The molecule has 1 aliphatic rings. The van der Waals surface area contributed by atoms with Gasteiger partial charge >= 0.3 is 0 Å². The first kappa shape index (κ1) is 27.6. The second-order valence-corrected chi connectivity index (χ2v) is 8.79. The molecule has 178 valence electrons. The normalized spacial score (nSPS) is 22.9. The first-order valence-electron chi connectivity index (χ1n) is 12.5. The van der Waals surface area contributed by atoms with Gasteiger partial charge in [0.2, 0.25) is 0 Å². The van der Waals surface area contributed by atoms with Gasteiger partial charge in [0.25, 0.3) is 0 Å². The lowest BCUT2D eigenvalue weighted by atomic mass is 10.1. The standard InChI is InChI=1S/C25H48O5/c1-2-3-4-5-6-7-8-9-10-11-12-13-14-15-16-17-18-19-29-20-23(27)25-24(28)22(26)21-30-25/h8-9,22-28H,2-7,10-21H2,1H3/b9-8+/t22-,23+,24+,25+/m0/s1. The van der Waals surface area contributed by atoms with E-state index in [9.17, 15) is 15.3 Å². The highest BCUT2D eigenvalue weighted by molar-refractivity contribution is 4.87. The summed E-state index contributed by atoms with van der Waals surface area (Å²) in [4.78, 5) is 0. The van der Waals surface area contributed by atoms with Gasteiger partial charge in [-0.2, -0.15) is 0 Å². The van der Waals surface area contributed by atoms with Gasteiger partial charge in [0.05, 0.1) is 13.2 Å². The number of aliphatic hydroxyl groups is 3. The zero-order chi connectivity index (χ0) is 21.9. The summed E-state index contributed by atoms with van der Waals surface area (Å²) in [5.74, 6) is 0. The van der Waals surface area contributed by atoms with Crippen molar-refractivity contribution in [3.8, 4) is 0 Å². The van der Waals surface area contributed by atoms with Crippen molar-refractivity contribution in [1.82, 2.24) is 0 Å². The summed E-state index contributed by atoms with van der Waals surface area (Å²) in [5, 5.41) is 29.1. The van der Waals surface area contributed by atoms with E-state index in [-0.39, 0.29) is 13.2 Å². The van der Waals surface area contributed by atoms with Gasteiger partial charge in [0, 0.05) is 6.61 Å². The largest absolute Gasteiger partial charge is 0.388 e. The Morgan fingerprint density at radius 1 is 0.833 bits per heavy atom. The number of hydrogen-bond acceptors (Lipinski definition) is 5. The van der Waals surface area contributed by atoms with Crippen LogP contribution in [0.5, 0.6) is 0 Å². The van der Waals surface area contributed by atoms with Crippen molar-refractivity contribution in [3.05, 3.63) is 12.2 Å². The summed E-state index contributed by atoms with van der Waals surface area (Å²) >= 11 is 0. The fourth-order valence-corrected chi connectivity index (χ4v) is 3.89. The molecule has 3 N–H and O–H groups in total. The fourth-order valence-electron chi connectivity index (χ4n) is 3.89. The third kappa shape index (κ3) is 13.8. The summed E-state index contributed by atoms with van der Waals surface area (Å²) in [6, 6.07) is 0. The molecule has 1 fully saturated rings. The summed E-state index contributed by atoms with van der Waals surface area (Å²) in [6.45, 7) is 3.09. The Bertz CT molecular complexity index is 401. The van der Waals surface area contributed by atoms with Crippen molar-refractivity contribution in [1.29, 1.82) is 0 Å². The van der Waals surface area contributed by atoms with E-state index in [0.29, 0.717) is 6.61 Å². The van der Waals surface area contributed by atoms with Crippen molar-refractivity contribution in [2.24, 2.45) is 0 Å². The van der Waals surface area contributed by atoms with Gasteiger partial charge in [-0.1, -0.05) is 83.3 Å². The molecule has 1 heterocycles. The third-order valence-corrected chi connectivity index (χ3v) is 5.91. The van der Waals surface area contributed by atoms with Crippen LogP contribution >= 0.6 is 0 Å². The first-order chi connectivity index (χ1) is 14.7. The monoisotopic (exact) mass is 428 g/mol. The highest BCUT2D eigenvalue weighted by Crippen LogP contribution is 2.18. The number of hydrogen-bond donors (Lipinski definition) is 3. The molecule has 0 aromatic carbocycles. The van der Waals surface area contributed by atoms with E-state index in [1.807, 2.05) is 0 Å². The van der Waals surface area contributed by atoms with E-state index in [1.54, 1.807) is 0 Å². The highest BCUT2D eigenvalue weighted by atomic mass is 16.5. The zero-order valence-electron chi connectivity index (χ0n) is 19.4. The maximum absolute atomic E-state index is 9.96. The summed E-state index contributed by atoms with van der Waals surface area (Å²) in [6.07, 6.45) is 20.5. The Hall–Kier alpha value is -0.460. The molecule has 1 rings (SSSR count). The van der Waals surface area contributed by atoms with Crippen molar-refractivity contribution >= 4 is 0 Å². The van der Waals surface area contributed by atoms with Crippen LogP contribution in [0.25, 0.3) is 0 Å². The second kappa shape index (κ2) is 19.2. The second-order valence-electron chi connectivity index (χ2n) is 8.79. The quantitative estimate of drug-likeness (QED) is 0.190. The van der Waals surface area contributed by atoms with Crippen LogP contribution in [0, 0.1) is 0 Å². The molecule has 0 unspecified atom stereocenters. The van der Waals surface area contributed by atoms with E-state index in [0.717, 1.165) is 12.8 Å². The molecule has 0 spiro atoms. The van der Waals surface area contributed by atoms with Gasteiger partial charge < -0.3 is 24.8 Å². The van der Waals surface area contributed by atoms with Crippen molar-refractivity contribution in [3.63, 3.8) is 0 Å². The maximum atomic E-state index is 9.96. The van der Waals surface area contributed by atoms with Gasteiger partial charge in [-0.05, 0) is 32.1 Å². The first-order valence-corrected chi connectivity index (χ1v) is 12.5. The summed E-state index contributed by atoms with van der Waals surface area (Å²) in [5.41, 5.74) is 0. The highest BCUT2D eigenvalue weighted by Gasteiger charge is 2.39. The third-order valence-electron chi connectivity index (χ3n) is 5.91. The Balaban J connectivity index is 1.76. The lowest BCUT2D eigenvalue weighted by Crippen LogP contribution is -2.40. The molecule has 0 aliphatic carbocycles. The molecule has 1 saturated heterocycles. The predicted octanol–water partition coefficient (Wildman–Crippen LogP) is 4.91. The molecular formula is C25H48O5. The van der Waals surface area contributed by atoms with Gasteiger partial charge in [-0.3, -0.25) is 0 Å². The van der Waals surface area contributed by atoms with Crippen LogP contribution in [0.3, 0.4) is 0 Å². The molecule has 0 saturated carbocycles. The van der Waals surface area contributed by atoms with Gasteiger partial charge in [-0.15, -0.1) is 0 Å². The smallest absolute Gasteiger partial charge is 0.114 e. The molecular weight excluding hydrogens is 380 g/mol. The maximum Gasteiger partial charge on any atom is 0.114 e. The minimum atomic E-state index is -1.03. The summed E-state index contributed by atoms with van der Waals surface area (Å²) in [7, 11) is 0. The lowest BCUT2D eigenvalue weighted by molar-refractivity contribution is -0.0813. The minimum Gasteiger partial charge on any atom is -0.388 e. The number of allylic oxidation sites excluding steroid dienone is 2. The van der Waals surface area contributed by atoms with Gasteiger partial charge in [0.15, 0.2) is 0 Å². The molecule has 5 heteroatoms. The summed E-state index contributed by atoms with van der Waals surface area (Å²) < 4.78 is 10.7. The van der Waals surface area contributed by atoms with Crippen LogP contribution in [0.4, 0.5) is 0 Å². The van der Waals surface area contributed by atoms with E-state index in [2.05, 4.69) is 19.1 Å². The van der Waals surface area contributed by atoms with Crippen LogP contribution in [0.2, 0.25) is 0 Å². The van der Waals surface area contributed by atoms with E-state index >= 15 is 0 Å². The van der Waals surface area contributed by atoms with Crippen LogP contribution in [0.15, 0.2) is 12.2 Å². The number of ether oxygens (including phenoxy) is 2. The van der Waals surface area contributed by atoms with Crippen LogP contribution < -0.4 is 0 Å². The molecule has 4 atom stereocenters.